The number of nitrogens with one attached hydrogen (secondary N) is 2. The van der Waals surface area contributed by atoms with Gasteiger partial charge in [-0.05, 0) is 6.07 Å². The van der Waals surface area contributed by atoms with E-state index in [1.807, 2.05) is 0 Å². The highest BCUT2D eigenvalue weighted by molar-refractivity contribution is 6.03. The van der Waals surface area contributed by atoms with E-state index in [-0.39, 0.29) is 27.4 Å². The Morgan fingerprint density at radius 2 is 1.29 bits per heavy atom. The molecule has 9 nitrogen and oxygen atoms in total. The molecule has 1 aromatic carbocycles. The molecule has 0 bridgehead atoms. The molecule has 4 N–H and O–H groups in total. The van der Waals surface area contributed by atoms with Crippen molar-refractivity contribution in [1.29, 1.82) is 5.26 Å². The van der Waals surface area contributed by atoms with Gasteiger partial charge in [0.05, 0.1) is 11.0 Å². The number of pyridine rings is 2. The van der Waals surface area contributed by atoms with Gasteiger partial charge in [0.1, 0.15) is 23.0 Å². The Morgan fingerprint density at radius 3 is 1.62 bits per heavy atom. The minimum atomic E-state index is -1.40. The first-order valence-electron chi connectivity index (χ1n) is 6.47. The predicted molar refractivity (Wildman–Crippen MR) is 81.3 cm³/mol. The highest BCUT2D eigenvalue weighted by atomic mass is 16.4. The summed E-state index contributed by atoms with van der Waals surface area (Å²) in [4.78, 5) is 51.3. The second-order valence-electron chi connectivity index (χ2n) is 4.91. The van der Waals surface area contributed by atoms with E-state index in [1.54, 1.807) is 6.07 Å². The predicted octanol–water partition coefficient (Wildman–Crippen LogP) is 0.638. The fraction of sp³-hybridized carbons (Fsp3) is 0. The number of carboxylic acid groups (broad SMARTS) is 2. The normalized spacial score (nSPS) is 10.6. The van der Waals surface area contributed by atoms with Crippen molar-refractivity contribution in [3.8, 4) is 6.07 Å². The summed E-state index contributed by atoms with van der Waals surface area (Å²) in [5, 5.41) is 27.3. The number of aromatic carboxylic acids is 2. The van der Waals surface area contributed by atoms with Crippen LogP contribution in [0.2, 0.25) is 0 Å². The number of carboxylic acids is 2. The fourth-order valence-corrected chi connectivity index (χ4v) is 2.43. The van der Waals surface area contributed by atoms with E-state index >= 15 is 0 Å². The van der Waals surface area contributed by atoms with Crippen LogP contribution < -0.4 is 10.9 Å². The number of aromatic nitrogens is 2. The van der Waals surface area contributed by atoms with Gasteiger partial charge in [0.25, 0.3) is 0 Å². The molecule has 3 aromatic rings. The SMILES string of the molecule is N#Cc1c2[nH]c(C(=O)O)cc(=O)c2cc2c(=O)cc(C(=O)O)[nH]c12. The van der Waals surface area contributed by atoms with E-state index in [0.29, 0.717) is 0 Å². The molecule has 118 valence electrons. The lowest BCUT2D eigenvalue weighted by Crippen LogP contribution is -2.14. The maximum Gasteiger partial charge on any atom is 0.352 e. The molecule has 0 fully saturated rings. The van der Waals surface area contributed by atoms with E-state index in [2.05, 4.69) is 9.97 Å². The molecule has 3 rings (SSSR count). The molecule has 9 heteroatoms. The largest absolute Gasteiger partial charge is 0.477 e. The number of aromatic amines is 2. The molecule has 0 aliphatic rings. The first kappa shape index (κ1) is 15.0. The Kier molecular flexibility index (Phi) is 3.16. The minimum Gasteiger partial charge on any atom is -0.477 e. The third kappa shape index (κ3) is 2.10. The molecule has 0 saturated heterocycles. The van der Waals surface area contributed by atoms with Gasteiger partial charge in [0.15, 0.2) is 10.9 Å². The number of rotatable bonds is 2. The number of hydrogen-bond donors (Lipinski definition) is 4. The Hall–Kier alpha value is -3.93. The quantitative estimate of drug-likeness (QED) is 0.502. The van der Waals surface area contributed by atoms with Crippen LogP contribution >= 0.6 is 0 Å². The average molecular weight is 325 g/mol. The molecule has 0 atom stereocenters. The molecular weight excluding hydrogens is 318 g/mol. The van der Waals surface area contributed by atoms with Crippen molar-refractivity contribution in [3.63, 3.8) is 0 Å². The Morgan fingerprint density at radius 1 is 0.875 bits per heavy atom. The Labute approximate surface area is 131 Å². The van der Waals surface area contributed by atoms with E-state index in [1.165, 1.54) is 6.07 Å². The third-order valence-corrected chi connectivity index (χ3v) is 3.50. The molecule has 0 spiro atoms. The van der Waals surface area contributed by atoms with Crippen molar-refractivity contribution < 1.29 is 19.8 Å². The molecule has 0 aliphatic heterocycles. The summed E-state index contributed by atoms with van der Waals surface area (Å²) in [7, 11) is 0. The summed E-state index contributed by atoms with van der Waals surface area (Å²) < 4.78 is 0. The highest BCUT2D eigenvalue weighted by Crippen LogP contribution is 2.22. The Balaban J connectivity index is 2.62. The van der Waals surface area contributed by atoms with Crippen LogP contribution in [0.4, 0.5) is 0 Å². The second-order valence-corrected chi connectivity index (χ2v) is 4.91. The molecule has 0 aliphatic carbocycles. The zero-order valence-electron chi connectivity index (χ0n) is 11.7. The zero-order valence-corrected chi connectivity index (χ0v) is 11.7. The number of fused-ring (bicyclic) bond motifs is 2. The maximum absolute atomic E-state index is 12.1. The molecular formula is C15H7N3O6. The van der Waals surface area contributed by atoms with Crippen LogP contribution in [-0.2, 0) is 0 Å². The minimum absolute atomic E-state index is 0.0439. The van der Waals surface area contributed by atoms with Crippen molar-refractivity contribution in [2.75, 3.05) is 0 Å². The van der Waals surface area contributed by atoms with Crippen LogP contribution in [0.1, 0.15) is 26.5 Å². The fourth-order valence-electron chi connectivity index (χ4n) is 2.43. The lowest BCUT2D eigenvalue weighted by Gasteiger charge is -2.07. The molecule has 24 heavy (non-hydrogen) atoms. The van der Waals surface area contributed by atoms with Crippen molar-refractivity contribution in [1.82, 2.24) is 9.97 Å². The smallest absolute Gasteiger partial charge is 0.352 e. The van der Waals surface area contributed by atoms with Gasteiger partial charge in [0, 0.05) is 22.9 Å². The van der Waals surface area contributed by atoms with Gasteiger partial charge >= 0.3 is 11.9 Å². The maximum atomic E-state index is 12.1. The van der Waals surface area contributed by atoms with Gasteiger partial charge in [0.2, 0.25) is 0 Å². The zero-order chi connectivity index (χ0) is 17.6. The van der Waals surface area contributed by atoms with Gasteiger partial charge in [-0.3, -0.25) is 9.59 Å². The number of nitrogens with zero attached hydrogens (tertiary/aromatic N) is 1. The van der Waals surface area contributed by atoms with E-state index in [9.17, 15) is 24.4 Å². The number of nitriles is 1. The first-order chi connectivity index (χ1) is 11.3. The lowest BCUT2D eigenvalue weighted by atomic mass is 10.0. The van der Waals surface area contributed by atoms with Crippen molar-refractivity contribution in [2.45, 2.75) is 0 Å². The molecule has 2 aromatic heterocycles. The molecule has 0 saturated carbocycles. The van der Waals surface area contributed by atoms with Gasteiger partial charge < -0.3 is 20.2 Å². The Bertz CT molecular complexity index is 1130. The summed E-state index contributed by atoms with van der Waals surface area (Å²) in [6, 6.07) is 4.66. The summed E-state index contributed by atoms with van der Waals surface area (Å²) >= 11 is 0. The number of benzene rings is 1. The van der Waals surface area contributed by atoms with Crippen molar-refractivity contribution in [3.05, 3.63) is 55.6 Å². The summed E-state index contributed by atoms with van der Waals surface area (Å²) in [6.45, 7) is 0. The summed E-state index contributed by atoms with van der Waals surface area (Å²) in [6.07, 6.45) is 0. The highest BCUT2D eigenvalue weighted by Gasteiger charge is 2.17. The molecule has 0 unspecified atom stereocenters. The van der Waals surface area contributed by atoms with Crippen LogP contribution in [0.5, 0.6) is 0 Å². The van der Waals surface area contributed by atoms with Gasteiger partial charge in [-0.2, -0.15) is 5.26 Å². The van der Waals surface area contributed by atoms with Crippen LogP contribution in [0.3, 0.4) is 0 Å². The molecule has 0 radical (unpaired) electrons. The number of carbonyl (C=O) groups is 2. The average Bonchev–Trinajstić information content (AvgIpc) is 2.52. The van der Waals surface area contributed by atoms with E-state index in [0.717, 1.165) is 12.1 Å². The van der Waals surface area contributed by atoms with Gasteiger partial charge in [-0.15, -0.1) is 0 Å². The van der Waals surface area contributed by atoms with Gasteiger partial charge in [-0.25, -0.2) is 9.59 Å². The van der Waals surface area contributed by atoms with E-state index in [4.69, 9.17) is 10.2 Å². The first-order valence-corrected chi connectivity index (χ1v) is 6.47. The summed E-state index contributed by atoms with van der Waals surface area (Å²) in [5.41, 5.74) is -2.62. The third-order valence-electron chi connectivity index (χ3n) is 3.50. The van der Waals surface area contributed by atoms with Gasteiger partial charge in [-0.1, -0.05) is 0 Å². The summed E-state index contributed by atoms with van der Waals surface area (Å²) in [5.74, 6) is -2.79. The molecule has 2 heterocycles. The van der Waals surface area contributed by atoms with Crippen LogP contribution in [0.25, 0.3) is 21.8 Å². The standard InChI is InChI=1S/C15H7N3O6/c16-4-7-12-5(10(19)2-8(17-12)14(21)22)1-6-11(20)3-9(15(23)24)18-13(6)7/h1-3H,(H,17,19)(H,18,20)(H,21,22)(H,23,24). The van der Waals surface area contributed by atoms with Crippen LogP contribution in [0, 0.1) is 11.3 Å². The van der Waals surface area contributed by atoms with Crippen LogP contribution in [-0.4, -0.2) is 32.1 Å². The number of H-pyrrole nitrogens is 2. The van der Waals surface area contributed by atoms with E-state index < -0.39 is 34.2 Å². The monoisotopic (exact) mass is 325 g/mol. The topological polar surface area (TPSA) is 164 Å². The second kappa shape index (κ2) is 5.06. The van der Waals surface area contributed by atoms with Crippen LogP contribution in [0.15, 0.2) is 27.8 Å². The van der Waals surface area contributed by atoms with Crippen molar-refractivity contribution >= 4 is 33.7 Å². The number of hydrogen-bond acceptors (Lipinski definition) is 5. The molecule has 0 amide bonds. The van der Waals surface area contributed by atoms with Crippen molar-refractivity contribution in [2.24, 2.45) is 0 Å². The lowest BCUT2D eigenvalue weighted by molar-refractivity contribution is 0.0680.